The fourth-order valence-corrected chi connectivity index (χ4v) is 3.57. The second kappa shape index (κ2) is 6.12. The van der Waals surface area contributed by atoms with E-state index in [1.807, 2.05) is 24.3 Å². The van der Waals surface area contributed by atoms with Crippen molar-refractivity contribution in [3.8, 4) is 12.1 Å². The van der Waals surface area contributed by atoms with Crippen molar-refractivity contribution >= 4 is 11.6 Å². The molecule has 0 aromatic heterocycles. The summed E-state index contributed by atoms with van der Waals surface area (Å²) < 4.78 is 0. The molecule has 2 rings (SSSR count). The van der Waals surface area contributed by atoms with Crippen molar-refractivity contribution in [3.63, 3.8) is 0 Å². The summed E-state index contributed by atoms with van der Waals surface area (Å²) in [6.45, 7) is 3.74. The van der Waals surface area contributed by atoms with E-state index in [4.69, 9.17) is 11.6 Å². The van der Waals surface area contributed by atoms with E-state index in [-0.39, 0.29) is 5.41 Å². The Morgan fingerprint density at radius 1 is 1.40 bits per heavy atom. The molecule has 0 amide bonds. The number of nitrogens with zero attached hydrogens (tertiary/aromatic N) is 2. The third kappa shape index (κ3) is 2.33. The molecular formula is C17H17ClN2. The van der Waals surface area contributed by atoms with Crippen molar-refractivity contribution in [1.82, 2.24) is 0 Å². The predicted molar refractivity (Wildman–Crippen MR) is 80.2 cm³/mol. The highest BCUT2D eigenvalue weighted by Gasteiger charge is 2.45. The SMILES string of the molecule is C=CCCCC1(C(C#N)C#N)CCc2c(Cl)cccc21. The molecule has 1 atom stereocenters. The van der Waals surface area contributed by atoms with Crippen molar-refractivity contribution in [2.75, 3.05) is 0 Å². The van der Waals surface area contributed by atoms with Gasteiger partial charge in [-0.15, -0.1) is 6.58 Å². The van der Waals surface area contributed by atoms with E-state index in [1.54, 1.807) is 0 Å². The predicted octanol–water partition coefficient (Wildman–Crippen LogP) is 4.54. The largest absolute Gasteiger partial charge is 0.197 e. The van der Waals surface area contributed by atoms with Crippen LogP contribution in [0.1, 0.15) is 36.8 Å². The number of halogens is 1. The van der Waals surface area contributed by atoms with Gasteiger partial charge in [0.05, 0.1) is 12.1 Å². The van der Waals surface area contributed by atoms with Crippen molar-refractivity contribution in [3.05, 3.63) is 47.0 Å². The van der Waals surface area contributed by atoms with Crippen LogP contribution in [0, 0.1) is 28.6 Å². The Hall–Kier alpha value is -1.77. The Bertz CT molecular complexity index is 580. The zero-order chi connectivity index (χ0) is 14.6. The second-order valence-electron chi connectivity index (χ2n) is 5.29. The van der Waals surface area contributed by atoms with E-state index < -0.39 is 5.92 Å². The molecule has 0 heterocycles. The molecule has 1 aromatic rings. The first-order valence-corrected chi connectivity index (χ1v) is 7.25. The van der Waals surface area contributed by atoms with Gasteiger partial charge in [0.15, 0.2) is 0 Å². The molecular weight excluding hydrogens is 268 g/mol. The number of rotatable bonds is 5. The molecule has 2 nitrogen and oxygen atoms in total. The Morgan fingerprint density at radius 2 is 2.15 bits per heavy atom. The third-order valence-corrected chi connectivity index (χ3v) is 4.67. The molecule has 0 saturated heterocycles. The second-order valence-corrected chi connectivity index (χ2v) is 5.70. The first kappa shape index (κ1) is 14.6. The van der Waals surface area contributed by atoms with Gasteiger partial charge in [-0.3, -0.25) is 0 Å². The van der Waals surface area contributed by atoms with Crippen LogP contribution in [0.25, 0.3) is 0 Å². The van der Waals surface area contributed by atoms with Crippen LogP contribution in [-0.4, -0.2) is 0 Å². The Kier molecular flexibility index (Phi) is 4.48. The molecule has 20 heavy (non-hydrogen) atoms. The van der Waals surface area contributed by atoms with Gasteiger partial charge in [0.25, 0.3) is 0 Å². The average Bonchev–Trinajstić information content (AvgIpc) is 2.82. The third-order valence-electron chi connectivity index (χ3n) is 4.32. The number of hydrogen-bond donors (Lipinski definition) is 0. The van der Waals surface area contributed by atoms with Crippen LogP contribution >= 0.6 is 11.6 Å². The summed E-state index contributed by atoms with van der Waals surface area (Å²) in [4.78, 5) is 0. The molecule has 0 spiro atoms. The van der Waals surface area contributed by atoms with E-state index in [0.717, 1.165) is 48.3 Å². The van der Waals surface area contributed by atoms with E-state index in [0.29, 0.717) is 0 Å². The Morgan fingerprint density at radius 3 is 2.80 bits per heavy atom. The highest BCUT2D eigenvalue weighted by atomic mass is 35.5. The monoisotopic (exact) mass is 284 g/mol. The van der Waals surface area contributed by atoms with E-state index >= 15 is 0 Å². The molecule has 1 aliphatic carbocycles. The van der Waals surface area contributed by atoms with Crippen LogP contribution in [0.3, 0.4) is 0 Å². The molecule has 1 aromatic carbocycles. The maximum absolute atomic E-state index is 9.38. The minimum absolute atomic E-state index is 0.368. The molecule has 3 heteroatoms. The van der Waals surface area contributed by atoms with Crippen LogP contribution < -0.4 is 0 Å². The number of benzene rings is 1. The average molecular weight is 285 g/mol. The number of fused-ring (bicyclic) bond motifs is 1. The molecule has 0 bridgehead atoms. The maximum Gasteiger partial charge on any atom is 0.142 e. The molecule has 0 fully saturated rings. The summed E-state index contributed by atoms with van der Waals surface area (Å²) in [6, 6.07) is 10.2. The number of nitriles is 2. The summed E-state index contributed by atoms with van der Waals surface area (Å²) in [5, 5.41) is 19.5. The number of hydrogen-bond acceptors (Lipinski definition) is 2. The lowest BCUT2D eigenvalue weighted by molar-refractivity contribution is 0.336. The minimum Gasteiger partial charge on any atom is -0.197 e. The summed E-state index contributed by atoms with van der Waals surface area (Å²) in [5.41, 5.74) is 1.85. The Balaban J connectivity index is 2.46. The Labute approximate surface area is 125 Å². The summed E-state index contributed by atoms with van der Waals surface area (Å²) in [5.74, 6) is -0.618. The lowest BCUT2D eigenvalue weighted by Crippen LogP contribution is -2.31. The molecule has 0 saturated carbocycles. The lowest BCUT2D eigenvalue weighted by Gasteiger charge is -2.31. The van der Waals surface area contributed by atoms with Gasteiger partial charge < -0.3 is 0 Å². The van der Waals surface area contributed by atoms with Gasteiger partial charge >= 0.3 is 0 Å². The fraction of sp³-hybridized carbons (Fsp3) is 0.412. The van der Waals surface area contributed by atoms with E-state index in [2.05, 4.69) is 18.7 Å². The number of allylic oxidation sites excluding steroid dienone is 1. The first-order chi connectivity index (χ1) is 9.69. The van der Waals surface area contributed by atoms with E-state index in [1.165, 1.54) is 0 Å². The molecule has 1 unspecified atom stereocenters. The zero-order valence-electron chi connectivity index (χ0n) is 11.4. The van der Waals surface area contributed by atoms with Gasteiger partial charge in [0.1, 0.15) is 5.92 Å². The summed E-state index contributed by atoms with van der Waals surface area (Å²) in [6.07, 6.45) is 6.24. The lowest BCUT2D eigenvalue weighted by atomic mass is 9.69. The van der Waals surface area contributed by atoms with Gasteiger partial charge in [-0.1, -0.05) is 29.8 Å². The highest BCUT2D eigenvalue weighted by Crippen LogP contribution is 2.49. The zero-order valence-corrected chi connectivity index (χ0v) is 12.2. The maximum atomic E-state index is 9.38. The van der Waals surface area contributed by atoms with Crippen LogP contribution in [0.5, 0.6) is 0 Å². The topological polar surface area (TPSA) is 47.6 Å². The van der Waals surface area contributed by atoms with Gasteiger partial charge in [0, 0.05) is 10.4 Å². The summed E-state index contributed by atoms with van der Waals surface area (Å²) in [7, 11) is 0. The van der Waals surface area contributed by atoms with Gasteiger partial charge in [-0.25, -0.2) is 0 Å². The van der Waals surface area contributed by atoms with Gasteiger partial charge in [-0.2, -0.15) is 10.5 Å². The minimum atomic E-state index is -0.618. The van der Waals surface area contributed by atoms with Crippen LogP contribution in [0.15, 0.2) is 30.9 Å². The van der Waals surface area contributed by atoms with Gasteiger partial charge in [-0.05, 0) is 49.3 Å². The smallest absolute Gasteiger partial charge is 0.142 e. The molecule has 102 valence electrons. The van der Waals surface area contributed by atoms with Crippen molar-refractivity contribution in [2.24, 2.45) is 5.92 Å². The van der Waals surface area contributed by atoms with Crippen molar-refractivity contribution < 1.29 is 0 Å². The van der Waals surface area contributed by atoms with Crippen LogP contribution in [0.4, 0.5) is 0 Å². The summed E-state index contributed by atoms with van der Waals surface area (Å²) >= 11 is 6.27. The molecule has 1 aliphatic rings. The number of unbranched alkanes of at least 4 members (excludes halogenated alkanes) is 1. The highest BCUT2D eigenvalue weighted by molar-refractivity contribution is 6.31. The van der Waals surface area contributed by atoms with E-state index in [9.17, 15) is 10.5 Å². The standard InChI is InChI=1S/C17H17ClN2/c1-2-3-4-9-17(13(11-19)12-20)10-8-14-15(17)6-5-7-16(14)18/h2,5-7,13H,1,3-4,8-10H2. The van der Waals surface area contributed by atoms with Crippen LogP contribution in [-0.2, 0) is 11.8 Å². The molecule has 0 N–H and O–H groups in total. The van der Waals surface area contributed by atoms with Crippen molar-refractivity contribution in [1.29, 1.82) is 10.5 Å². The first-order valence-electron chi connectivity index (χ1n) is 6.87. The molecule has 0 aliphatic heterocycles. The van der Waals surface area contributed by atoms with Crippen LogP contribution in [0.2, 0.25) is 5.02 Å². The quantitative estimate of drug-likeness (QED) is 0.588. The normalized spacial score (nSPS) is 20.2. The fourth-order valence-electron chi connectivity index (χ4n) is 3.30. The molecule has 0 radical (unpaired) electrons. The van der Waals surface area contributed by atoms with Crippen molar-refractivity contribution in [2.45, 2.75) is 37.5 Å². The van der Waals surface area contributed by atoms with Gasteiger partial charge in [0.2, 0.25) is 0 Å².